The zero-order valence-electron chi connectivity index (χ0n) is 12.0. The number of carbonyl (C=O) groups is 1. The molecular formula is C15H15FN2O4. The third-order valence-electron chi connectivity index (χ3n) is 3.70. The van der Waals surface area contributed by atoms with Gasteiger partial charge in [-0.2, -0.15) is 0 Å². The Balaban J connectivity index is 2.24. The van der Waals surface area contributed by atoms with E-state index in [4.69, 9.17) is 11.2 Å². The van der Waals surface area contributed by atoms with Crippen molar-refractivity contribution in [3.63, 3.8) is 0 Å². The van der Waals surface area contributed by atoms with E-state index in [2.05, 4.69) is 5.92 Å². The average molecular weight is 306 g/mol. The van der Waals surface area contributed by atoms with Gasteiger partial charge in [-0.3, -0.25) is 14.9 Å². The molecule has 1 aliphatic rings. The fourth-order valence-electron chi connectivity index (χ4n) is 2.39. The molecule has 1 fully saturated rings. The van der Waals surface area contributed by atoms with Crippen molar-refractivity contribution in [1.29, 1.82) is 0 Å². The molecule has 0 N–H and O–H groups in total. The van der Waals surface area contributed by atoms with Crippen molar-refractivity contribution in [2.45, 2.75) is 25.4 Å². The van der Waals surface area contributed by atoms with Crippen LogP contribution in [0.4, 0.5) is 10.1 Å². The number of hydrogen-bond donors (Lipinski definition) is 0. The van der Waals surface area contributed by atoms with Gasteiger partial charge in [-0.15, -0.1) is 6.42 Å². The van der Waals surface area contributed by atoms with E-state index in [1.54, 1.807) is 4.90 Å². The van der Waals surface area contributed by atoms with Crippen molar-refractivity contribution >= 4 is 11.6 Å². The van der Waals surface area contributed by atoms with E-state index in [-0.39, 0.29) is 11.7 Å². The highest BCUT2D eigenvalue weighted by atomic mass is 19.1. The molecule has 1 aliphatic heterocycles. The molecule has 7 heteroatoms. The summed E-state index contributed by atoms with van der Waals surface area (Å²) in [5.41, 5.74) is -1.50. The number of carbonyl (C=O) groups excluding carboxylic acids is 1. The van der Waals surface area contributed by atoms with Crippen LogP contribution >= 0.6 is 0 Å². The van der Waals surface area contributed by atoms with Gasteiger partial charge < -0.3 is 9.64 Å². The predicted molar refractivity (Wildman–Crippen MR) is 76.7 cm³/mol. The standard InChI is InChI=1S/C15H15FN2O4/c1-3-15(6-8-17(9-7-15)11(2)19)22-14-5-4-12(16)10-13(14)18(20)21/h1,4-5,10H,6-9H2,2H3. The van der Waals surface area contributed by atoms with Crippen LogP contribution in [-0.4, -0.2) is 34.4 Å². The van der Waals surface area contributed by atoms with E-state index in [0.29, 0.717) is 25.9 Å². The van der Waals surface area contributed by atoms with Gasteiger partial charge in [-0.25, -0.2) is 4.39 Å². The second-order valence-corrected chi connectivity index (χ2v) is 5.12. The van der Waals surface area contributed by atoms with Crippen molar-refractivity contribution < 1.29 is 18.8 Å². The van der Waals surface area contributed by atoms with E-state index in [9.17, 15) is 19.3 Å². The molecule has 6 nitrogen and oxygen atoms in total. The molecule has 1 aromatic rings. The van der Waals surface area contributed by atoms with E-state index in [0.717, 1.165) is 12.1 Å². The quantitative estimate of drug-likeness (QED) is 0.487. The molecule has 116 valence electrons. The first-order valence-corrected chi connectivity index (χ1v) is 6.73. The van der Waals surface area contributed by atoms with Gasteiger partial charge in [-0.05, 0) is 12.1 Å². The minimum absolute atomic E-state index is 0.0571. The molecule has 2 rings (SSSR count). The Morgan fingerprint density at radius 2 is 2.14 bits per heavy atom. The molecule has 0 saturated carbocycles. The molecule has 0 unspecified atom stereocenters. The summed E-state index contributed by atoms with van der Waals surface area (Å²) in [5, 5.41) is 11.0. The van der Waals surface area contributed by atoms with Crippen molar-refractivity contribution in [3.8, 4) is 18.1 Å². The number of likely N-dealkylation sites (tertiary alicyclic amines) is 1. The number of ether oxygens (including phenoxy) is 1. The lowest BCUT2D eigenvalue weighted by molar-refractivity contribution is -0.386. The Morgan fingerprint density at radius 3 is 2.64 bits per heavy atom. The number of nitrogens with zero attached hydrogens (tertiary/aromatic N) is 2. The molecule has 1 heterocycles. The van der Waals surface area contributed by atoms with Crippen molar-refractivity contribution in [2.75, 3.05) is 13.1 Å². The normalized spacial score (nSPS) is 16.7. The van der Waals surface area contributed by atoms with Crippen LogP contribution in [-0.2, 0) is 4.79 Å². The zero-order valence-corrected chi connectivity index (χ0v) is 12.0. The fraction of sp³-hybridized carbons (Fsp3) is 0.400. The summed E-state index contributed by atoms with van der Waals surface area (Å²) in [6.45, 7) is 2.29. The summed E-state index contributed by atoms with van der Waals surface area (Å²) in [6.07, 6.45) is 6.26. The summed E-state index contributed by atoms with van der Waals surface area (Å²) in [5.74, 6) is 1.68. The minimum Gasteiger partial charge on any atom is -0.467 e. The molecule has 1 aromatic carbocycles. The highest BCUT2D eigenvalue weighted by molar-refractivity contribution is 5.73. The highest BCUT2D eigenvalue weighted by Crippen LogP contribution is 2.34. The molecule has 0 radical (unpaired) electrons. The lowest BCUT2D eigenvalue weighted by Crippen LogP contribution is -2.48. The largest absolute Gasteiger partial charge is 0.467 e. The van der Waals surface area contributed by atoms with Crippen LogP contribution in [0.2, 0.25) is 0 Å². The van der Waals surface area contributed by atoms with Gasteiger partial charge in [0.05, 0.1) is 11.0 Å². The zero-order chi connectivity index (χ0) is 16.3. The maximum Gasteiger partial charge on any atom is 0.313 e. The van der Waals surface area contributed by atoms with Crippen LogP contribution < -0.4 is 4.74 Å². The molecule has 0 spiro atoms. The molecule has 0 atom stereocenters. The topological polar surface area (TPSA) is 72.7 Å². The first-order chi connectivity index (χ1) is 10.4. The van der Waals surface area contributed by atoms with Crippen LogP contribution in [0.25, 0.3) is 0 Å². The van der Waals surface area contributed by atoms with Crippen molar-refractivity contribution in [3.05, 3.63) is 34.1 Å². The number of terminal acetylenes is 1. The van der Waals surface area contributed by atoms with Crippen LogP contribution in [0.1, 0.15) is 19.8 Å². The number of nitro benzene ring substituents is 1. The molecule has 0 aliphatic carbocycles. The second kappa shape index (κ2) is 6.02. The summed E-state index contributed by atoms with van der Waals surface area (Å²) in [6, 6.07) is 3.07. The number of halogens is 1. The lowest BCUT2D eigenvalue weighted by Gasteiger charge is -2.38. The number of rotatable bonds is 3. The molecule has 0 bridgehead atoms. The first kappa shape index (κ1) is 15.8. The number of amides is 1. The van der Waals surface area contributed by atoms with E-state index < -0.39 is 22.0 Å². The summed E-state index contributed by atoms with van der Waals surface area (Å²) >= 11 is 0. The van der Waals surface area contributed by atoms with Crippen LogP contribution in [0.5, 0.6) is 5.75 Å². The number of piperidine rings is 1. The van der Waals surface area contributed by atoms with Gasteiger partial charge >= 0.3 is 5.69 Å². The van der Waals surface area contributed by atoms with Gasteiger partial charge in [0.25, 0.3) is 0 Å². The van der Waals surface area contributed by atoms with Gasteiger partial charge in [0.15, 0.2) is 11.4 Å². The Morgan fingerprint density at radius 1 is 1.50 bits per heavy atom. The van der Waals surface area contributed by atoms with Gasteiger partial charge in [0.1, 0.15) is 5.82 Å². The SMILES string of the molecule is C#CC1(Oc2ccc(F)cc2[N+](=O)[O-])CCN(C(C)=O)CC1. The minimum atomic E-state index is -1.03. The molecule has 1 saturated heterocycles. The third-order valence-corrected chi connectivity index (χ3v) is 3.70. The Kier molecular flexibility index (Phi) is 4.31. The Labute approximate surface area is 127 Å². The monoisotopic (exact) mass is 306 g/mol. The smallest absolute Gasteiger partial charge is 0.313 e. The van der Waals surface area contributed by atoms with E-state index in [1.807, 2.05) is 0 Å². The molecular weight excluding hydrogens is 291 g/mol. The molecule has 22 heavy (non-hydrogen) atoms. The third kappa shape index (κ3) is 3.17. The molecule has 0 aromatic heterocycles. The Hall–Kier alpha value is -2.62. The van der Waals surface area contributed by atoms with Crippen molar-refractivity contribution in [1.82, 2.24) is 4.90 Å². The number of benzene rings is 1. The maximum atomic E-state index is 13.2. The summed E-state index contributed by atoms with van der Waals surface area (Å²) < 4.78 is 18.8. The fourth-order valence-corrected chi connectivity index (χ4v) is 2.39. The summed E-state index contributed by atoms with van der Waals surface area (Å²) in [4.78, 5) is 23.3. The first-order valence-electron chi connectivity index (χ1n) is 6.73. The van der Waals surface area contributed by atoms with Gasteiger partial charge in [0, 0.05) is 32.9 Å². The van der Waals surface area contributed by atoms with Crippen molar-refractivity contribution in [2.24, 2.45) is 0 Å². The van der Waals surface area contributed by atoms with Gasteiger partial charge in [0.2, 0.25) is 5.91 Å². The van der Waals surface area contributed by atoms with Gasteiger partial charge in [-0.1, -0.05) is 5.92 Å². The number of hydrogen-bond acceptors (Lipinski definition) is 4. The predicted octanol–water partition coefficient (Wildman–Crippen LogP) is 2.13. The number of nitro groups is 1. The van der Waals surface area contributed by atoms with Crippen LogP contribution in [0.15, 0.2) is 18.2 Å². The molecule has 1 amide bonds. The average Bonchev–Trinajstić information content (AvgIpc) is 2.49. The highest BCUT2D eigenvalue weighted by Gasteiger charge is 2.37. The van der Waals surface area contributed by atoms with Crippen LogP contribution in [0.3, 0.4) is 0 Å². The van der Waals surface area contributed by atoms with E-state index >= 15 is 0 Å². The lowest BCUT2D eigenvalue weighted by atomic mass is 9.91. The van der Waals surface area contributed by atoms with E-state index in [1.165, 1.54) is 13.0 Å². The van der Waals surface area contributed by atoms with Crippen LogP contribution in [0, 0.1) is 28.3 Å². The second-order valence-electron chi connectivity index (χ2n) is 5.12. The Bertz CT molecular complexity index is 645. The summed E-state index contributed by atoms with van der Waals surface area (Å²) in [7, 11) is 0. The maximum absolute atomic E-state index is 13.2.